The SMILES string of the molecule is CCc1cc(Cl)cc(C(C)C)n1. The van der Waals surface area contributed by atoms with Gasteiger partial charge in [0.05, 0.1) is 0 Å². The van der Waals surface area contributed by atoms with Crippen molar-refractivity contribution in [2.24, 2.45) is 0 Å². The van der Waals surface area contributed by atoms with Crippen LogP contribution in [0.1, 0.15) is 38.1 Å². The molecule has 12 heavy (non-hydrogen) atoms. The average Bonchev–Trinajstić information content (AvgIpc) is 2.03. The monoisotopic (exact) mass is 183 g/mol. The van der Waals surface area contributed by atoms with E-state index in [1.165, 1.54) is 0 Å². The molecule has 1 aromatic rings. The molecule has 0 radical (unpaired) electrons. The summed E-state index contributed by atoms with van der Waals surface area (Å²) < 4.78 is 0. The van der Waals surface area contributed by atoms with Crippen molar-refractivity contribution in [3.8, 4) is 0 Å². The van der Waals surface area contributed by atoms with Gasteiger partial charge in [-0.3, -0.25) is 4.98 Å². The van der Waals surface area contributed by atoms with Gasteiger partial charge >= 0.3 is 0 Å². The second kappa shape index (κ2) is 3.90. The summed E-state index contributed by atoms with van der Waals surface area (Å²) in [7, 11) is 0. The third kappa shape index (κ3) is 2.21. The van der Waals surface area contributed by atoms with Crippen LogP contribution in [0.25, 0.3) is 0 Å². The molecule has 1 aromatic heterocycles. The normalized spacial score (nSPS) is 10.8. The Hall–Kier alpha value is -0.560. The number of nitrogens with zero attached hydrogens (tertiary/aromatic N) is 1. The van der Waals surface area contributed by atoms with Crippen LogP contribution in [0.5, 0.6) is 0 Å². The van der Waals surface area contributed by atoms with Crippen LogP contribution in [0.15, 0.2) is 12.1 Å². The second-order valence-electron chi connectivity index (χ2n) is 3.21. The highest BCUT2D eigenvalue weighted by atomic mass is 35.5. The Balaban J connectivity index is 3.06. The number of rotatable bonds is 2. The number of halogens is 1. The van der Waals surface area contributed by atoms with Gasteiger partial charge in [-0.2, -0.15) is 0 Å². The molecular formula is C10H14ClN. The van der Waals surface area contributed by atoms with Crippen molar-refractivity contribution in [2.45, 2.75) is 33.1 Å². The van der Waals surface area contributed by atoms with E-state index in [-0.39, 0.29) is 0 Å². The zero-order valence-electron chi connectivity index (χ0n) is 7.76. The van der Waals surface area contributed by atoms with E-state index in [0.29, 0.717) is 5.92 Å². The van der Waals surface area contributed by atoms with Crippen molar-refractivity contribution in [3.63, 3.8) is 0 Å². The van der Waals surface area contributed by atoms with Gasteiger partial charge in [-0.1, -0.05) is 32.4 Å². The van der Waals surface area contributed by atoms with Gasteiger partial charge in [-0.05, 0) is 24.5 Å². The van der Waals surface area contributed by atoms with Gasteiger partial charge in [0.1, 0.15) is 0 Å². The minimum atomic E-state index is 0.453. The lowest BCUT2D eigenvalue weighted by atomic mass is 10.1. The fourth-order valence-corrected chi connectivity index (χ4v) is 1.29. The lowest BCUT2D eigenvalue weighted by Gasteiger charge is -2.06. The van der Waals surface area contributed by atoms with Crippen LogP contribution in [-0.4, -0.2) is 4.98 Å². The highest BCUT2D eigenvalue weighted by Gasteiger charge is 2.03. The van der Waals surface area contributed by atoms with Crippen LogP contribution < -0.4 is 0 Å². The smallest absolute Gasteiger partial charge is 0.0447 e. The molecule has 1 nitrogen and oxygen atoms in total. The molecule has 0 N–H and O–H groups in total. The summed E-state index contributed by atoms with van der Waals surface area (Å²) in [5, 5.41) is 0.797. The predicted molar refractivity (Wildman–Crippen MR) is 52.7 cm³/mol. The van der Waals surface area contributed by atoms with Gasteiger partial charge in [0.15, 0.2) is 0 Å². The van der Waals surface area contributed by atoms with Gasteiger partial charge in [0, 0.05) is 16.4 Å². The van der Waals surface area contributed by atoms with Gasteiger partial charge in [0.25, 0.3) is 0 Å². The highest BCUT2D eigenvalue weighted by molar-refractivity contribution is 6.30. The molecule has 0 atom stereocenters. The Morgan fingerprint density at radius 1 is 1.42 bits per heavy atom. The largest absolute Gasteiger partial charge is 0.258 e. The third-order valence-corrected chi connectivity index (χ3v) is 2.03. The Morgan fingerprint density at radius 3 is 2.58 bits per heavy atom. The average molecular weight is 184 g/mol. The van der Waals surface area contributed by atoms with E-state index in [9.17, 15) is 0 Å². The van der Waals surface area contributed by atoms with E-state index in [2.05, 4.69) is 25.8 Å². The van der Waals surface area contributed by atoms with E-state index < -0.39 is 0 Å². The molecule has 0 spiro atoms. The molecule has 0 aliphatic rings. The second-order valence-corrected chi connectivity index (χ2v) is 3.65. The maximum Gasteiger partial charge on any atom is 0.0447 e. The molecule has 0 aliphatic carbocycles. The molecule has 1 rings (SSSR count). The number of hydrogen-bond acceptors (Lipinski definition) is 1. The maximum absolute atomic E-state index is 5.93. The van der Waals surface area contributed by atoms with Crippen molar-refractivity contribution >= 4 is 11.6 Å². The van der Waals surface area contributed by atoms with Crippen molar-refractivity contribution in [3.05, 3.63) is 28.5 Å². The first-order chi connectivity index (χ1) is 5.63. The first-order valence-electron chi connectivity index (χ1n) is 4.29. The number of pyridine rings is 1. The minimum Gasteiger partial charge on any atom is -0.258 e. The van der Waals surface area contributed by atoms with Crippen LogP contribution in [0.3, 0.4) is 0 Å². The van der Waals surface area contributed by atoms with Crippen molar-refractivity contribution in [1.29, 1.82) is 0 Å². The van der Waals surface area contributed by atoms with Crippen LogP contribution in [0.4, 0.5) is 0 Å². The molecule has 66 valence electrons. The van der Waals surface area contributed by atoms with Crippen molar-refractivity contribution < 1.29 is 0 Å². The standard InChI is InChI=1S/C10H14ClN/c1-4-9-5-8(11)6-10(12-9)7(2)3/h5-7H,4H2,1-3H3. The number of aryl methyl sites for hydroxylation is 1. The lowest BCUT2D eigenvalue weighted by molar-refractivity contribution is 0.807. The first-order valence-corrected chi connectivity index (χ1v) is 4.67. The number of hydrogen-bond donors (Lipinski definition) is 0. The quantitative estimate of drug-likeness (QED) is 0.685. The lowest BCUT2D eigenvalue weighted by Crippen LogP contribution is -1.96. The Morgan fingerprint density at radius 2 is 2.08 bits per heavy atom. The molecule has 0 aliphatic heterocycles. The van der Waals surface area contributed by atoms with Crippen molar-refractivity contribution in [1.82, 2.24) is 4.98 Å². The van der Waals surface area contributed by atoms with E-state index in [4.69, 9.17) is 11.6 Å². The molecule has 0 fully saturated rings. The summed E-state index contributed by atoms with van der Waals surface area (Å²) in [5.74, 6) is 0.453. The fraction of sp³-hybridized carbons (Fsp3) is 0.500. The summed E-state index contributed by atoms with van der Waals surface area (Å²) in [6, 6.07) is 3.86. The van der Waals surface area contributed by atoms with Crippen molar-refractivity contribution in [2.75, 3.05) is 0 Å². The van der Waals surface area contributed by atoms with E-state index >= 15 is 0 Å². The molecule has 1 heterocycles. The molecule has 0 aromatic carbocycles. The molecule has 0 saturated carbocycles. The maximum atomic E-state index is 5.93. The first kappa shape index (κ1) is 9.53. The minimum absolute atomic E-state index is 0.453. The molecule has 0 bridgehead atoms. The molecule has 0 amide bonds. The zero-order valence-corrected chi connectivity index (χ0v) is 8.52. The van der Waals surface area contributed by atoms with Crippen LogP contribution in [0.2, 0.25) is 5.02 Å². The Labute approximate surface area is 78.8 Å². The van der Waals surface area contributed by atoms with Gasteiger partial charge < -0.3 is 0 Å². The molecule has 0 unspecified atom stereocenters. The summed E-state index contributed by atoms with van der Waals surface area (Å²) in [4.78, 5) is 4.47. The van der Waals surface area contributed by atoms with E-state index in [0.717, 1.165) is 22.8 Å². The predicted octanol–water partition coefficient (Wildman–Crippen LogP) is 3.42. The summed E-state index contributed by atoms with van der Waals surface area (Å²) in [5.41, 5.74) is 2.16. The summed E-state index contributed by atoms with van der Waals surface area (Å²) >= 11 is 5.93. The highest BCUT2D eigenvalue weighted by Crippen LogP contribution is 2.18. The van der Waals surface area contributed by atoms with E-state index in [1.807, 2.05) is 12.1 Å². The van der Waals surface area contributed by atoms with Gasteiger partial charge in [-0.15, -0.1) is 0 Å². The van der Waals surface area contributed by atoms with Crippen LogP contribution in [-0.2, 0) is 6.42 Å². The topological polar surface area (TPSA) is 12.9 Å². The Bertz CT molecular complexity index is 269. The summed E-state index contributed by atoms with van der Waals surface area (Å²) in [6.45, 7) is 6.33. The molecular weight excluding hydrogens is 170 g/mol. The summed E-state index contributed by atoms with van der Waals surface area (Å²) in [6.07, 6.45) is 0.945. The van der Waals surface area contributed by atoms with E-state index in [1.54, 1.807) is 0 Å². The van der Waals surface area contributed by atoms with Crippen LogP contribution in [0, 0.1) is 0 Å². The molecule has 2 heteroatoms. The Kier molecular flexibility index (Phi) is 3.10. The zero-order chi connectivity index (χ0) is 9.14. The number of aromatic nitrogens is 1. The third-order valence-electron chi connectivity index (χ3n) is 1.82. The van der Waals surface area contributed by atoms with Gasteiger partial charge in [0.2, 0.25) is 0 Å². The molecule has 0 saturated heterocycles. The van der Waals surface area contributed by atoms with Gasteiger partial charge in [-0.25, -0.2) is 0 Å². The van der Waals surface area contributed by atoms with Crippen LogP contribution >= 0.6 is 11.6 Å². The fourth-order valence-electron chi connectivity index (χ4n) is 1.05.